The van der Waals surface area contributed by atoms with Gasteiger partial charge in [-0.25, -0.2) is 0 Å². The van der Waals surface area contributed by atoms with Crippen molar-refractivity contribution in [3.8, 4) is 0 Å². The number of aliphatic carboxylic acids is 1. The smallest absolute Gasteiger partial charge is 0.303 e. The predicted molar refractivity (Wildman–Crippen MR) is 58.1 cm³/mol. The third-order valence-electron chi connectivity index (χ3n) is 2.17. The van der Waals surface area contributed by atoms with Gasteiger partial charge in [0.25, 0.3) is 0 Å². The van der Waals surface area contributed by atoms with Gasteiger partial charge in [-0.15, -0.1) is 0 Å². The zero-order valence-electron chi connectivity index (χ0n) is 9.62. The van der Waals surface area contributed by atoms with Crippen LogP contribution in [0.15, 0.2) is 4.99 Å². The van der Waals surface area contributed by atoms with E-state index in [2.05, 4.69) is 25.8 Å². The quantitative estimate of drug-likeness (QED) is 0.777. The maximum Gasteiger partial charge on any atom is 0.303 e. The molecular weight excluding hydrogens is 194 g/mol. The van der Waals surface area contributed by atoms with Crippen molar-refractivity contribution in [2.24, 2.45) is 10.4 Å². The van der Waals surface area contributed by atoms with Crippen LogP contribution in [0.5, 0.6) is 0 Å². The maximum absolute atomic E-state index is 10.4. The summed E-state index contributed by atoms with van der Waals surface area (Å²) in [7, 11) is 0. The lowest BCUT2D eigenvalue weighted by Crippen LogP contribution is -2.21. The molecule has 1 atom stereocenters. The molecule has 1 rings (SSSR count). The standard InChI is InChI=1S/C11H19NO3/c1-11(2,3)6-8-7-12-9(15-8)4-5-10(13)14/h8H,4-7H2,1-3H3,(H,13,14). The molecule has 15 heavy (non-hydrogen) atoms. The van der Waals surface area contributed by atoms with Crippen LogP contribution in [0.2, 0.25) is 0 Å². The van der Waals surface area contributed by atoms with Crippen molar-refractivity contribution in [2.75, 3.05) is 6.54 Å². The van der Waals surface area contributed by atoms with Crippen LogP contribution in [0.3, 0.4) is 0 Å². The topological polar surface area (TPSA) is 58.9 Å². The molecule has 1 aliphatic rings. The van der Waals surface area contributed by atoms with Crippen molar-refractivity contribution < 1.29 is 14.6 Å². The molecule has 4 heteroatoms. The van der Waals surface area contributed by atoms with Crippen molar-refractivity contribution in [3.63, 3.8) is 0 Å². The third-order valence-corrected chi connectivity index (χ3v) is 2.17. The Morgan fingerprint density at radius 3 is 2.80 bits per heavy atom. The van der Waals surface area contributed by atoms with Gasteiger partial charge in [-0.1, -0.05) is 20.8 Å². The maximum atomic E-state index is 10.4. The molecule has 0 aromatic carbocycles. The summed E-state index contributed by atoms with van der Waals surface area (Å²) in [6.07, 6.45) is 1.60. The highest BCUT2D eigenvalue weighted by molar-refractivity contribution is 5.81. The number of hydrogen-bond acceptors (Lipinski definition) is 3. The monoisotopic (exact) mass is 213 g/mol. The Labute approximate surface area is 90.3 Å². The number of aliphatic imine (C=N–C) groups is 1. The Morgan fingerprint density at radius 2 is 2.27 bits per heavy atom. The lowest BCUT2D eigenvalue weighted by molar-refractivity contribution is -0.136. The first-order valence-corrected chi connectivity index (χ1v) is 5.28. The van der Waals surface area contributed by atoms with Gasteiger partial charge in [-0.2, -0.15) is 0 Å². The zero-order valence-corrected chi connectivity index (χ0v) is 9.62. The number of carboxylic acids is 1. The molecule has 0 amide bonds. The molecule has 1 aliphatic heterocycles. The molecule has 0 aromatic rings. The average molecular weight is 213 g/mol. The van der Waals surface area contributed by atoms with Crippen LogP contribution in [-0.2, 0) is 9.53 Å². The van der Waals surface area contributed by atoms with Crippen molar-refractivity contribution in [1.29, 1.82) is 0 Å². The van der Waals surface area contributed by atoms with Crippen LogP contribution < -0.4 is 0 Å². The first-order chi connectivity index (χ1) is 6.87. The van der Waals surface area contributed by atoms with Crippen LogP contribution in [0.25, 0.3) is 0 Å². The van der Waals surface area contributed by atoms with Crippen LogP contribution in [0, 0.1) is 5.41 Å². The lowest BCUT2D eigenvalue weighted by Gasteiger charge is -2.22. The minimum absolute atomic E-state index is 0.0983. The molecule has 0 radical (unpaired) electrons. The van der Waals surface area contributed by atoms with Gasteiger partial charge in [0.1, 0.15) is 6.10 Å². The molecule has 1 heterocycles. The van der Waals surface area contributed by atoms with Gasteiger partial charge in [0.15, 0.2) is 5.90 Å². The van der Waals surface area contributed by atoms with Crippen molar-refractivity contribution >= 4 is 11.9 Å². The van der Waals surface area contributed by atoms with Gasteiger partial charge < -0.3 is 9.84 Å². The van der Waals surface area contributed by atoms with E-state index in [1.807, 2.05) is 0 Å². The molecule has 0 aliphatic carbocycles. The second-order valence-corrected chi connectivity index (χ2v) is 5.13. The number of hydrogen-bond donors (Lipinski definition) is 1. The first kappa shape index (κ1) is 12.0. The number of ether oxygens (including phenoxy) is 1. The minimum Gasteiger partial charge on any atom is -0.481 e. The van der Waals surface area contributed by atoms with Gasteiger partial charge >= 0.3 is 5.97 Å². The Bertz CT molecular complexity index is 265. The molecule has 0 bridgehead atoms. The average Bonchev–Trinajstić information content (AvgIpc) is 2.45. The van der Waals surface area contributed by atoms with Gasteiger partial charge in [0.05, 0.1) is 13.0 Å². The zero-order chi connectivity index (χ0) is 11.5. The summed E-state index contributed by atoms with van der Waals surface area (Å²) in [5.74, 6) is -0.202. The molecular formula is C11H19NO3. The molecule has 86 valence electrons. The Hall–Kier alpha value is -1.06. The second kappa shape index (κ2) is 4.64. The summed E-state index contributed by atoms with van der Waals surface area (Å²) in [4.78, 5) is 14.6. The first-order valence-electron chi connectivity index (χ1n) is 5.28. The summed E-state index contributed by atoms with van der Waals surface area (Å²) in [5.41, 5.74) is 0.225. The molecule has 0 fully saturated rings. The largest absolute Gasteiger partial charge is 0.481 e. The highest BCUT2D eigenvalue weighted by Crippen LogP contribution is 2.25. The van der Waals surface area contributed by atoms with E-state index < -0.39 is 5.97 Å². The highest BCUT2D eigenvalue weighted by Gasteiger charge is 2.25. The van der Waals surface area contributed by atoms with Crippen LogP contribution >= 0.6 is 0 Å². The summed E-state index contributed by atoms with van der Waals surface area (Å²) in [6, 6.07) is 0. The molecule has 1 N–H and O–H groups in total. The van der Waals surface area contributed by atoms with E-state index in [1.165, 1.54) is 0 Å². The Balaban J connectivity index is 2.28. The number of nitrogens with zero attached hydrogens (tertiary/aromatic N) is 1. The normalized spacial score (nSPS) is 21.0. The summed E-state index contributed by atoms with van der Waals surface area (Å²) < 4.78 is 5.57. The van der Waals surface area contributed by atoms with Crippen molar-refractivity contribution in [2.45, 2.75) is 46.1 Å². The number of carbonyl (C=O) groups is 1. The fraction of sp³-hybridized carbons (Fsp3) is 0.818. The molecule has 0 aromatic heterocycles. The molecule has 4 nitrogen and oxygen atoms in total. The van der Waals surface area contributed by atoms with Crippen LogP contribution in [0.1, 0.15) is 40.0 Å². The summed E-state index contributed by atoms with van der Waals surface area (Å²) in [5, 5.41) is 8.52. The van der Waals surface area contributed by atoms with Gasteiger partial charge in [-0.05, 0) is 11.8 Å². The van der Waals surface area contributed by atoms with Gasteiger partial charge in [0.2, 0.25) is 0 Å². The Morgan fingerprint density at radius 1 is 1.60 bits per heavy atom. The predicted octanol–water partition coefficient (Wildman–Crippen LogP) is 2.08. The van der Waals surface area contributed by atoms with Crippen LogP contribution in [0.4, 0.5) is 0 Å². The van der Waals surface area contributed by atoms with Gasteiger partial charge in [0, 0.05) is 6.42 Å². The van der Waals surface area contributed by atoms with E-state index in [0.717, 1.165) is 6.42 Å². The van der Waals surface area contributed by atoms with E-state index in [4.69, 9.17) is 9.84 Å². The van der Waals surface area contributed by atoms with E-state index in [1.54, 1.807) is 0 Å². The number of carboxylic acid groups (broad SMARTS) is 1. The van der Waals surface area contributed by atoms with E-state index in [0.29, 0.717) is 18.9 Å². The van der Waals surface area contributed by atoms with Gasteiger partial charge in [-0.3, -0.25) is 9.79 Å². The summed E-state index contributed by atoms with van der Waals surface area (Å²) in [6.45, 7) is 7.15. The van der Waals surface area contributed by atoms with Crippen molar-refractivity contribution in [1.82, 2.24) is 0 Å². The van der Waals surface area contributed by atoms with Crippen LogP contribution in [-0.4, -0.2) is 29.6 Å². The molecule has 0 spiro atoms. The SMILES string of the molecule is CC(C)(C)CC1CN=C(CCC(=O)O)O1. The fourth-order valence-corrected chi connectivity index (χ4v) is 1.61. The van der Waals surface area contributed by atoms with E-state index >= 15 is 0 Å². The van der Waals surface area contributed by atoms with E-state index in [-0.39, 0.29) is 17.9 Å². The fourth-order valence-electron chi connectivity index (χ4n) is 1.61. The van der Waals surface area contributed by atoms with Crippen molar-refractivity contribution in [3.05, 3.63) is 0 Å². The Kier molecular flexibility index (Phi) is 3.72. The third kappa shape index (κ3) is 4.81. The minimum atomic E-state index is -0.805. The molecule has 0 saturated carbocycles. The lowest BCUT2D eigenvalue weighted by atomic mass is 9.89. The number of rotatable bonds is 4. The highest BCUT2D eigenvalue weighted by atomic mass is 16.5. The van der Waals surface area contributed by atoms with E-state index in [9.17, 15) is 4.79 Å². The second-order valence-electron chi connectivity index (χ2n) is 5.13. The molecule has 0 saturated heterocycles. The summed E-state index contributed by atoms with van der Waals surface area (Å²) >= 11 is 0. The molecule has 1 unspecified atom stereocenters.